The maximum Gasteiger partial charge on any atom is 0.316 e. The molecule has 1 aliphatic carbocycles. The van der Waals surface area contributed by atoms with Gasteiger partial charge in [-0.2, -0.15) is 0 Å². The van der Waals surface area contributed by atoms with Gasteiger partial charge in [0.15, 0.2) is 0 Å². The van der Waals surface area contributed by atoms with Gasteiger partial charge in [0, 0.05) is 0 Å². The zero-order chi connectivity index (χ0) is 17.7. The number of benzene rings is 1. The fraction of sp³-hybridized carbons (Fsp3) is 0.579. The maximum atomic E-state index is 12.3. The van der Waals surface area contributed by atoms with E-state index in [1.54, 1.807) is 0 Å². The van der Waals surface area contributed by atoms with E-state index in [4.69, 9.17) is 5.73 Å². The van der Waals surface area contributed by atoms with Crippen molar-refractivity contribution in [2.45, 2.75) is 70.4 Å². The molecule has 0 bridgehead atoms. The highest BCUT2D eigenvalue weighted by molar-refractivity contribution is 5.90. The Morgan fingerprint density at radius 1 is 1.00 bits per heavy atom. The van der Waals surface area contributed by atoms with E-state index in [1.807, 2.05) is 19.1 Å². The van der Waals surface area contributed by atoms with Crippen molar-refractivity contribution in [2.24, 2.45) is 5.73 Å². The molecule has 1 fully saturated rings. The molecule has 0 radical (unpaired) electrons. The van der Waals surface area contributed by atoms with Gasteiger partial charge in [-0.1, -0.05) is 57.4 Å². The summed E-state index contributed by atoms with van der Waals surface area (Å²) in [6.45, 7) is 6.23. The van der Waals surface area contributed by atoms with E-state index in [-0.39, 0.29) is 12.1 Å². The summed E-state index contributed by atoms with van der Waals surface area (Å²) in [7, 11) is 0. The minimum atomic E-state index is -0.899. The maximum absolute atomic E-state index is 12.3. The minimum Gasteiger partial charge on any atom is -0.368 e. The highest BCUT2D eigenvalue weighted by Crippen LogP contribution is 2.28. The molecule has 1 saturated carbocycles. The third kappa shape index (κ3) is 4.28. The number of primary amides is 1. The van der Waals surface area contributed by atoms with Crippen molar-refractivity contribution in [1.29, 1.82) is 0 Å². The van der Waals surface area contributed by atoms with Gasteiger partial charge >= 0.3 is 6.03 Å². The summed E-state index contributed by atoms with van der Waals surface area (Å²) in [5.41, 5.74) is 6.96. The van der Waals surface area contributed by atoms with Crippen LogP contribution in [-0.2, 0) is 4.79 Å². The van der Waals surface area contributed by atoms with Crippen molar-refractivity contribution < 1.29 is 9.59 Å². The van der Waals surface area contributed by atoms with Crippen molar-refractivity contribution in [2.75, 3.05) is 0 Å². The predicted octanol–water partition coefficient (Wildman–Crippen LogP) is 3.36. The molecule has 1 aliphatic rings. The van der Waals surface area contributed by atoms with Crippen LogP contribution in [0.25, 0.3) is 0 Å². The average molecular weight is 331 g/mol. The fourth-order valence-corrected chi connectivity index (χ4v) is 3.29. The van der Waals surface area contributed by atoms with Crippen LogP contribution >= 0.6 is 0 Å². The second kappa shape index (κ2) is 7.69. The van der Waals surface area contributed by atoms with E-state index in [0.717, 1.165) is 24.8 Å². The zero-order valence-corrected chi connectivity index (χ0v) is 14.9. The molecule has 0 aliphatic heterocycles. The summed E-state index contributed by atoms with van der Waals surface area (Å²) in [4.78, 5) is 24.2. The number of nitrogens with two attached hydrogens (primary N) is 1. The van der Waals surface area contributed by atoms with Gasteiger partial charge in [-0.3, -0.25) is 4.79 Å². The molecule has 5 nitrogen and oxygen atoms in total. The van der Waals surface area contributed by atoms with Gasteiger partial charge < -0.3 is 16.4 Å². The lowest BCUT2D eigenvalue weighted by atomic mass is 9.81. The summed E-state index contributed by atoms with van der Waals surface area (Å²) in [5.74, 6) is 0.0404. The third-order valence-electron chi connectivity index (χ3n) is 4.98. The van der Waals surface area contributed by atoms with E-state index in [2.05, 4.69) is 36.6 Å². The van der Waals surface area contributed by atoms with Crippen molar-refractivity contribution in [3.05, 3.63) is 35.4 Å². The minimum absolute atomic E-state index is 0.139. The number of rotatable bonds is 5. The van der Waals surface area contributed by atoms with Crippen LogP contribution in [0.1, 0.15) is 76.0 Å². The first-order chi connectivity index (χ1) is 11.3. The van der Waals surface area contributed by atoms with Crippen LogP contribution in [0.4, 0.5) is 4.79 Å². The molecule has 0 saturated heterocycles. The van der Waals surface area contributed by atoms with E-state index in [0.29, 0.717) is 18.8 Å². The number of carbonyl (C=O) groups is 2. The van der Waals surface area contributed by atoms with Crippen LogP contribution in [0.5, 0.6) is 0 Å². The molecule has 0 aromatic heterocycles. The predicted molar refractivity (Wildman–Crippen MR) is 95.6 cm³/mol. The standard InChI is InChI=1S/C19H29N3O2/c1-13(2)15-7-9-16(10-8-15)14(3)21-18(24)22-19(17(20)23)11-5-4-6-12-19/h7-10,13-14H,4-6,11-12H2,1-3H3,(H2,20,23)(H2,21,22,24). The Kier molecular flexibility index (Phi) is 5.86. The Balaban J connectivity index is 1.98. The molecule has 5 heteroatoms. The molecule has 4 N–H and O–H groups in total. The van der Waals surface area contributed by atoms with E-state index >= 15 is 0 Å². The molecule has 2 rings (SSSR count). The smallest absolute Gasteiger partial charge is 0.316 e. The highest BCUT2D eigenvalue weighted by atomic mass is 16.2. The number of hydrogen-bond donors (Lipinski definition) is 3. The van der Waals surface area contributed by atoms with Gasteiger partial charge in [0.2, 0.25) is 5.91 Å². The molecule has 132 valence electrons. The number of hydrogen-bond acceptors (Lipinski definition) is 2. The molecule has 1 atom stereocenters. The van der Waals surface area contributed by atoms with Gasteiger partial charge in [0.25, 0.3) is 0 Å². The van der Waals surface area contributed by atoms with E-state index in [9.17, 15) is 9.59 Å². The number of amides is 3. The Morgan fingerprint density at radius 2 is 1.54 bits per heavy atom. The van der Waals surface area contributed by atoms with Gasteiger partial charge in [0.1, 0.15) is 5.54 Å². The average Bonchev–Trinajstić information content (AvgIpc) is 2.55. The summed E-state index contributed by atoms with van der Waals surface area (Å²) >= 11 is 0. The fourth-order valence-electron chi connectivity index (χ4n) is 3.29. The first-order valence-corrected chi connectivity index (χ1v) is 8.82. The molecule has 24 heavy (non-hydrogen) atoms. The zero-order valence-electron chi connectivity index (χ0n) is 14.9. The lowest BCUT2D eigenvalue weighted by Crippen LogP contribution is -2.60. The normalized spacial score (nSPS) is 18.0. The topological polar surface area (TPSA) is 84.2 Å². The lowest BCUT2D eigenvalue weighted by Gasteiger charge is -2.35. The molecular weight excluding hydrogens is 302 g/mol. The largest absolute Gasteiger partial charge is 0.368 e. The second-order valence-electron chi connectivity index (χ2n) is 7.15. The summed E-state index contributed by atoms with van der Waals surface area (Å²) in [6.07, 6.45) is 4.14. The summed E-state index contributed by atoms with van der Waals surface area (Å²) in [5, 5.41) is 5.75. The second-order valence-corrected chi connectivity index (χ2v) is 7.15. The molecular formula is C19H29N3O2. The summed E-state index contributed by atoms with van der Waals surface area (Å²) < 4.78 is 0. The van der Waals surface area contributed by atoms with Crippen molar-refractivity contribution in [3.63, 3.8) is 0 Å². The first kappa shape index (κ1) is 18.3. The molecule has 0 spiro atoms. The molecule has 3 amide bonds. The van der Waals surface area contributed by atoms with Gasteiger partial charge in [-0.25, -0.2) is 4.79 Å². The Hall–Kier alpha value is -2.04. The number of nitrogens with one attached hydrogen (secondary N) is 2. The monoisotopic (exact) mass is 331 g/mol. The Labute approximate surface area is 144 Å². The van der Waals surface area contributed by atoms with Gasteiger partial charge in [-0.15, -0.1) is 0 Å². The lowest BCUT2D eigenvalue weighted by molar-refractivity contribution is -0.125. The van der Waals surface area contributed by atoms with Gasteiger partial charge in [0.05, 0.1) is 6.04 Å². The van der Waals surface area contributed by atoms with Gasteiger partial charge in [-0.05, 0) is 36.8 Å². The van der Waals surface area contributed by atoms with Crippen LogP contribution < -0.4 is 16.4 Å². The van der Waals surface area contributed by atoms with E-state index in [1.165, 1.54) is 5.56 Å². The molecule has 0 heterocycles. The SMILES string of the molecule is CC(C)c1ccc(C(C)NC(=O)NC2(C(N)=O)CCCCC2)cc1. The number of urea groups is 1. The molecule has 1 aromatic carbocycles. The first-order valence-electron chi connectivity index (χ1n) is 8.82. The van der Waals surface area contributed by atoms with Crippen molar-refractivity contribution >= 4 is 11.9 Å². The van der Waals surface area contributed by atoms with Crippen LogP contribution in [-0.4, -0.2) is 17.5 Å². The summed E-state index contributed by atoms with van der Waals surface area (Å²) in [6, 6.07) is 7.76. The van der Waals surface area contributed by atoms with Crippen molar-refractivity contribution in [1.82, 2.24) is 10.6 Å². The number of carbonyl (C=O) groups excluding carboxylic acids is 2. The Morgan fingerprint density at radius 3 is 2.04 bits per heavy atom. The third-order valence-corrected chi connectivity index (χ3v) is 4.98. The van der Waals surface area contributed by atoms with Crippen LogP contribution in [0.15, 0.2) is 24.3 Å². The highest BCUT2D eigenvalue weighted by Gasteiger charge is 2.39. The molecule has 1 unspecified atom stereocenters. The molecule has 1 aromatic rings. The van der Waals surface area contributed by atoms with Crippen LogP contribution in [0.3, 0.4) is 0 Å². The van der Waals surface area contributed by atoms with E-state index < -0.39 is 11.4 Å². The Bertz CT molecular complexity index is 575. The van der Waals surface area contributed by atoms with Crippen LogP contribution in [0, 0.1) is 0 Å². The quantitative estimate of drug-likeness (QED) is 0.773. The van der Waals surface area contributed by atoms with Crippen LogP contribution in [0.2, 0.25) is 0 Å². The van der Waals surface area contributed by atoms with Crippen molar-refractivity contribution in [3.8, 4) is 0 Å².